The Morgan fingerprint density at radius 2 is 1.89 bits per heavy atom. The van der Waals surface area contributed by atoms with Gasteiger partial charge in [0.1, 0.15) is 0 Å². The van der Waals surface area contributed by atoms with Crippen molar-refractivity contribution in [3.05, 3.63) is 53.6 Å². The zero-order valence-corrected chi connectivity index (χ0v) is 10.5. The van der Waals surface area contributed by atoms with Crippen LogP contribution < -0.4 is 11.1 Å². The maximum absolute atomic E-state index is 11.2. The Bertz CT molecular complexity index is 654. The number of nitrogens with zero attached hydrogens (tertiary/aromatic N) is 1. The predicted molar refractivity (Wildman–Crippen MR) is 75.3 cm³/mol. The maximum Gasteiger partial charge on any atom is 0.159 e. The SMILES string of the molecule is CC(=O)c1ccc(Nc2ccc(C#N)cc2N)cc1. The number of ketones is 1. The number of rotatable bonds is 3. The molecule has 0 aliphatic carbocycles. The van der Waals surface area contributed by atoms with E-state index >= 15 is 0 Å². The van der Waals surface area contributed by atoms with Crippen LogP contribution in [0.1, 0.15) is 22.8 Å². The molecule has 0 aromatic heterocycles. The van der Waals surface area contributed by atoms with Crippen molar-refractivity contribution in [2.24, 2.45) is 0 Å². The summed E-state index contributed by atoms with van der Waals surface area (Å²) < 4.78 is 0. The molecule has 0 bridgehead atoms. The summed E-state index contributed by atoms with van der Waals surface area (Å²) in [6, 6.07) is 14.2. The lowest BCUT2D eigenvalue weighted by molar-refractivity contribution is 0.101. The van der Waals surface area contributed by atoms with Crippen molar-refractivity contribution < 1.29 is 4.79 Å². The number of nitriles is 1. The van der Waals surface area contributed by atoms with Crippen LogP contribution in [0.15, 0.2) is 42.5 Å². The summed E-state index contributed by atoms with van der Waals surface area (Å²) in [4.78, 5) is 11.2. The molecule has 94 valence electrons. The molecule has 0 aliphatic rings. The Morgan fingerprint density at radius 3 is 2.42 bits per heavy atom. The zero-order valence-electron chi connectivity index (χ0n) is 10.5. The van der Waals surface area contributed by atoms with Crippen LogP contribution in [-0.2, 0) is 0 Å². The van der Waals surface area contributed by atoms with Gasteiger partial charge in [-0.1, -0.05) is 0 Å². The minimum atomic E-state index is 0.0319. The van der Waals surface area contributed by atoms with Crippen molar-refractivity contribution in [2.75, 3.05) is 11.1 Å². The first-order valence-electron chi connectivity index (χ1n) is 5.78. The number of benzene rings is 2. The van der Waals surface area contributed by atoms with Gasteiger partial charge in [0.2, 0.25) is 0 Å². The first kappa shape index (κ1) is 12.7. The molecule has 0 amide bonds. The third-order valence-electron chi connectivity index (χ3n) is 2.75. The molecule has 0 unspecified atom stereocenters. The molecule has 2 aromatic carbocycles. The Hall–Kier alpha value is -2.80. The minimum absolute atomic E-state index is 0.0319. The second-order valence-corrected chi connectivity index (χ2v) is 4.17. The normalized spacial score (nSPS) is 9.68. The lowest BCUT2D eigenvalue weighted by Crippen LogP contribution is -1.98. The van der Waals surface area contributed by atoms with Crippen LogP contribution in [0, 0.1) is 11.3 Å². The van der Waals surface area contributed by atoms with Gasteiger partial charge in [-0.05, 0) is 49.4 Å². The van der Waals surface area contributed by atoms with E-state index in [0.29, 0.717) is 16.8 Å². The molecule has 3 N–H and O–H groups in total. The summed E-state index contributed by atoms with van der Waals surface area (Å²) in [6.07, 6.45) is 0. The van der Waals surface area contributed by atoms with E-state index in [4.69, 9.17) is 11.0 Å². The van der Waals surface area contributed by atoms with Crippen molar-refractivity contribution in [3.8, 4) is 6.07 Å². The summed E-state index contributed by atoms with van der Waals surface area (Å²) in [5.74, 6) is 0.0319. The van der Waals surface area contributed by atoms with Gasteiger partial charge in [0, 0.05) is 11.3 Å². The van der Waals surface area contributed by atoms with Gasteiger partial charge < -0.3 is 11.1 Å². The van der Waals surface area contributed by atoms with Crippen molar-refractivity contribution in [1.82, 2.24) is 0 Å². The van der Waals surface area contributed by atoms with Crippen LogP contribution in [0.3, 0.4) is 0 Å². The highest BCUT2D eigenvalue weighted by molar-refractivity contribution is 5.94. The lowest BCUT2D eigenvalue weighted by Gasteiger charge is -2.09. The summed E-state index contributed by atoms with van der Waals surface area (Å²) in [6.45, 7) is 1.53. The number of carbonyl (C=O) groups is 1. The van der Waals surface area contributed by atoms with E-state index in [1.54, 1.807) is 30.3 Å². The van der Waals surface area contributed by atoms with Gasteiger partial charge in [-0.2, -0.15) is 5.26 Å². The largest absolute Gasteiger partial charge is 0.397 e. The third-order valence-corrected chi connectivity index (χ3v) is 2.75. The van der Waals surface area contributed by atoms with E-state index in [9.17, 15) is 4.79 Å². The molecule has 0 fully saturated rings. The van der Waals surface area contributed by atoms with Gasteiger partial charge >= 0.3 is 0 Å². The minimum Gasteiger partial charge on any atom is -0.397 e. The lowest BCUT2D eigenvalue weighted by atomic mass is 10.1. The van der Waals surface area contributed by atoms with E-state index in [0.717, 1.165) is 11.4 Å². The standard InChI is InChI=1S/C15H13N3O/c1-10(19)12-3-5-13(6-4-12)18-15-7-2-11(9-16)8-14(15)17/h2-8,18H,17H2,1H3. The summed E-state index contributed by atoms with van der Waals surface area (Å²) >= 11 is 0. The van der Waals surface area contributed by atoms with Crippen molar-refractivity contribution in [1.29, 1.82) is 5.26 Å². The third kappa shape index (κ3) is 2.90. The fraction of sp³-hybridized carbons (Fsp3) is 0.0667. The summed E-state index contributed by atoms with van der Waals surface area (Å²) in [5, 5.41) is 11.9. The number of nitrogens with one attached hydrogen (secondary N) is 1. The second-order valence-electron chi connectivity index (χ2n) is 4.17. The van der Waals surface area contributed by atoms with E-state index in [2.05, 4.69) is 5.32 Å². The van der Waals surface area contributed by atoms with Crippen molar-refractivity contribution in [2.45, 2.75) is 6.92 Å². The molecular weight excluding hydrogens is 238 g/mol. The van der Waals surface area contributed by atoms with Crippen molar-refractivity contribution in [3.63, 3.8) is 0 Å². The van der Waals surface area contributed by atoms with Gasteiger partial charge in [0.25, 0.3) is 0 Å². The molecule has 0 saturated heterocycles. The molecule has 0 aliphatic heterocycles. The van der Waals surface area contributed by atoms with Crippen LogP contribution >= 0.6 is 0 Å². The highest BCUT2D eigenvalue weighted by Crippen LogP contribution is 2.24. The van der Waals surface area contributed by atoms with Crippen LogP contribution in [0.25, 0.3) is 0 Å². The predicted octanol–water partition coefficient (Wildman–Crippen LogP) is 3.09. The number of hydrogen-bond acceptors (Lipinski definition) is 4. The Balaban J connectivity index is 2.22. The fourth-order valence-corrected chi connectivity index (χ4v) is 1.69. The Labute approximate surface area is 111 Å². The average Bonchev–Trinajstić information content (AvgIpc) is 2.41. The van der Waals surface area contributed by atoms with Crippen LogP contribution in [0.5, 0.6) is 0 Å². The highest BCUT2D eigenvalue weighted by atomic mass is 16.1. The van der Waals surface area contributed by atoms with Gasteiger partial charge in [0.05, 0.1) is 23.0 Å². The molecule has 4 heteroatoms. The first-order valence-corrected chi connectivity index (χ1v) is 5.78. The molecule has 2 rings (SSSR count). The van der Waals surface area contributed by atoms with Crippen LogP contribution in [-0.4, -0.2) is 5.78 Å². The van der Waals surface area contributed by atoms with E-state index in [1.165, 1.54) is 6.92 Å². The van der Waals surface area contributed by atoms with Gasteiger partial charge in [-0.15, -0.1) is 0 Å². The van der Waals surface area contributed by atoms with E-state index < -0.39 is 0 Å². The number of hydrogen-bond donors (Lipinski definition) is 2. The summed E-state index contributed by atoms with van der Waals surface area (Å²) in [7, 11) is 0. The Kier molecular flexibility index (Phi) is 3.48. The monoisotopic (exact) mass is 251 g/mol. The highest BCUT2D eigenvalue weighted by Gasteiger charge is 2.02. The van der Waals surface area contributed by atoms with Gasteiger partial charge in [0.15, 0.2) is 5.78 Å². The molecule has 0 spiro atoms. The summed E-state index contributed by atoms with van der Waals surface area (Å²) in [5.41, 5.74) is 9.12. The number of Topliss-reactive ketones (excluding diaryl/α,β-unsaturated/α-hetero) is 1. The quantitative estimate of drug-likeness (QED) is 0.649. The molecule has 19 heavy (non-hydrogen) atoms. The van der Waals surface area contributed by atoms with Gasteiger partial charge in [-0.3, -0.25) is 4.79 Å². The topological polar surface area (TPSA) is 78.9 Å². The maximum atomic E-state index is 11.2. The first-order chi connectivity index (χ1) is 9.10. The molecular formula is C15H13N3O. The Morgan fingerprint density at radius 1 is 1.21 bits per heavy atom. The fourth-order valence-electron chi connectivity index (χ4n) is 1.69. The molecule has 0 heterocycles. The second kappa shape index (κ2) is 5.23. The molecule has 0 radical (unpaired) electrons. The van der Waals surface area contributed by atoms with Crippen molar-refractivity contribution >= 4 is 22.8 Å². The average molecular weight is 251 g/mol. The smallest absolute Gasteiger partial charge is 0.159 e. The number of nitrogens with two attached hydrogens (primary N) is 1. The molecule has 0 atom stereocenters. The van der Waals surface area contributed by atoms with E-state index in [-0.39, 0.29) is 5.78 Å². The van der Waals surface area contributed by atoms with Crippen LogP contribution in [0.2, 0.25) is 0 Å². The number of anilines is 3. The molecule has 4 nitrogen and oxygen atoms in total. The molecule has 2 aromatic rings. The molecule has 0 saturated carbocycles. The van der Waals surface area contributed by atoms with Crippen LogP contribution in [0.4, 0.5) is 17.1 Å². The van der Waals surface area contributed by atoms with Gasteiger partial charge in [-0.25, -0.2) is 0 Å². The number of carbonyl (C=O) groups excluding carboxylic acids is 1. The van der Waals surface area contributed by atoms with E-state index in [1.807, 2.05) is 18.2 Å². The number of nitrogen functional groups attached to an aromatic ring is 1. The zero-order chi connectivity index (χ0) is 13.8.